The summed E-state index contributed by atoms with van der Waals surface area (Å²) in [7, 11) is -3.56. The van der Waals surface area contributed by atoms with Crippen LogP contribution in [0.4, 0.5) is 0 Å². The van der Waals surface area contributed by atoms with Crippen molar-refractivity contribution in [2.45, 2.75) is 18.2 Å². The van der Waals surface area contributed by atoms with Crippen molar-refractivity contribution in [2.75, 3.05) is 13.1 Å². The zero-order valence-corrected chi connectivity index (χ0v) is 10.9. The van der Waals surface area contributed by atoms with Gasteiger partial charge in [-0.25, -0.2) is 8.42 Å². The zero-order chi connectivity index (χ0) is 13.2. The minimum atomic E-state index is -3.56. The first kappa shape index (κ1) is 12.8. The van der Waals surface area contributed by atoms with Crippen LogP contribution < -0.4 is 0 Å². The van der Waals surface area contributed by atoms with E-state index in [1.165, 1.54) is 22.0 Å². The van der Waals surface area contributed by atoms with Gasteiger partial charge in [-0.3, -0.25) is 0 Å². The molecule has 0 saturated heterocycles. The van der Waals surface area contributed by atoms with Gasteiger partial charge in [0.1, 0.15) is 6.07 Å². The van der Waals surface area contributed by atoms with Crippen LogP contribution in [0, 0.1) is 11.3 Å². The predicted octanol–water partition coefficient (Wildman–Crippen LogP) is 1.90. The highest BCUT2D eigenvalue weighted by molar-refractivity contribution is 7.89. The van der Waals surface area contributed by atoms with Crippen LogP contribution in [0.3, 0.4) is 0 Å². The number of benzene rings is 1. The molecule has 0 atom stereocenters. The highest BCUT2D eigenvalue weighted by Crippen LogP contribution is 2.22. The number of hydrogen-bond acceptors (Lipinski definition) is 3. The molecular weight excluding hydrogens is 248 g/mol. The fraction of sp³-hybridized carbons (Fsp3) is 0.308. The summed E-state index contributed by atoms with van der Waals surface area (Å²) in [6.45, 7) is 2.85. The maximum atomic E-state index is 12.4. The molecule has 5 heteroatoms. The van der Waals surface area contributed by atoms with Gasteiger partial charge < -0.3 is 0 Å². The number of sulfonamides is 1. The number of nitriles is 1. The van der Waals surface area contributed by atoms with Crippen molar-refractivity contribution in [1.29, 1.82) is 5.26 Å². The van der Waals surface area contributed by atoms with Crippen LogP contribution in [0.15, 0.2) is 40.8 Å². The van der Waals surface area contributed by atoms with Gasteiger partial charge in [0.05, 0.1) is 10.5 Å². The maximum Gasteiger partial charge on any atom is 0.244 e. The molecule has 18 heavy (non-hydrogen) atoms. The van der Waals surface area contributed by atoms with E-state index in [0.717, 1.165) is 6.42 Å². The highest BCUT2D eigenvalue weighted by atomic mass is 32.2. The summed E-state index contributed by atoms with van der Waals surface area (Å²) in [6, 6.07) is 8.24. The molecule has 4 nitrogen and oxygen atoms in total. The van der Waals surface area contributed by atoms with Crippen LogP contribution in [0.1, 0.15) is 18.9 Å². The van der Waals surface area contributed by atoms with E-state index in [2.05, 4.69) is 0 Å². The van der Waals surface area contributed by atoms with Crippen molar-refractivity contribution in [3.8, 4) is 6.07 Å². The lowest BCUT2D eigenvalue weighted by atomic mass is 10.1. The molecular formula is C13H14N2O2S. The van der Waals surface area contributed by atoms with Crippen LogP contribution in [0.25, 0.3) is 0 Å². The fourth-order valence-corrected chi connectivity index (χ4v) is 3.42. The third-order valence-corrected chi connectivity index (χ3v) is 4.95. The van der Waals surface area contributed by atoms with Crippen LogP contribution in [0.2, 0.25) is 0 Å². The van der Waals surface area contributed by atoms with Gasteiger partial charge in [-0.1, -0.05) is 23.8 Å². The largest absolute Gasteiger partial charge is 0.244 e. The van der Waals surface area contributed by atoms with E-state index in [1.807, 2.05) is 19.1 Å². The summed E-state index contributed by atoms with van der Waals surface area (Å²) < 4.78 is 26.3. The molecule has 1 aromatic rings. The normalized spacial score (nSPS) is 17.0. The van der Waals surface area contributed by atoms with E-state index < -0.39 is 10.0 Å². The first-order valence-electron chi connectivity index (χ1n) is 5.70. The molecule has 0 saturated carbocycles. The van der Waals surface area contributed by atoms with E-state index in [9.17, 15) is 8.42 Å². The van der Waals surface area contributed by atoms with Gasteiger partial charge in [0, 0.05) is 13.1 Å². The molecule has 0 spiro atoms. The molecule has 0 fully saturated rings. The lowest BCUT2D eigenvalue weighted by molar-refractivity contribution is 0.431. The summed E-state index contributed by atoms with van der Waals surface area (Å²) in [5, 5.41) is 8.98. The van der Waals surface area contributed by atoms with Crippen molar-refractivity contribution in [1.82, 2.24) is 4.31 Å². The Balaban J connectivity index is 2.41. The molecule has 0 amide bonds. The molecule has 1 heterocycles. The average Bonchev–Trinajstić information content (AvgIpc) is 2.39. The summed E-state index contributed by atoms with van der Waals surface area (Å²) in [5.41, 5.74) is 1.40. The van der Waals surface area contributed by atoms with E-state index in [1.54, 1.807) is 12.1 Å². The third kappa shape index (κ3) is 2.30. The van der Waals surface area contributed by atoms with E-state index in [4.69, 9.17) is 5.26 Å². The van der Waals surface area contributed by atoms with Crippen LogP contribution in [-0.2, 0) is 10.0 Å². The molecule has 1 aliphatic rings. The van der Waals surface area contributed by atoms with Crippen molar-refractivity contribution < 1.29 is 8.42 Å². The SMILES string of the molecule is CC1=CCN(S(=O)(=O)c2ccccc2C#N)CC1. The van der Waals surface area contributed by atoms with Crippen molar-refractivity contribution in [3.63, 3.8) is 0 Å². The Hall–Kier alpha value is -1.64. The molecule has 0 aliphatic carbocycles. The van der Waals surface area contributed by atoms with Crippen molar-refractivity contribution >= 4 is 10.0 Å². The van der Waals surface area contributed by atoms with Gasteiger partial charge in [-0.2, -0.15) is 9.57 Å². The van der Waals surface area contributed by atoms with Gasteiger partial charge in [0.15, 0.2) is 0 Å². The second-order valence-electron chi connectivity index (χ2n) is 4.27. The van der Waals surface area contributed by atoms with E-state index in [-0.39, 0.29) is 10.5 Å². The predicted molar refractivity (Wildman–Crippen MR) is 68.3 cm³/mol. The maximum absolute atomic E-state index is 12.4. The Labute approximate surface area is 107 Å². The number of hydrogen-bond donors (Lipinski definition) is 0. The smallest absolute Gasteiger partial charge is 0.207 e. The van der Waals surface area contributed by atoms with Gasteiger partial charge in [-0.15, -0.1) is 0 Å². The van der Waals surface area contributed by atoms with E-state index in [0.29, 0.717) is 13.1 Å². The van der Waals surface area contributed by atoms with Crippen molar-refractivity contribution in [3.05, 3.63) is 41.5 Å². The summed E-state index contributed by atoms with van der Waals surface area (Å²) in [5.74, 6) is 0. The lowest BCUT2D eigenvalue weighted by Gasteiger charge is -2.25. The third-order valence-electron chi connectivity index (χ3n) is 3.02. The Morgan fingerprint density at radius 2 is 2.06 bits per heavy atom. The van der Waals surface area contributed by atoms with E-state index >= 15 is 0 Å². The first-order valence-corrected chi connectivity index (χ1v) is 7.14. The Bertz CT molecular complexity index is 627. The summed E-state index contributed by atoms with van der Waals surface area (Å²) >= 11 is 0. The highest BCUT2D eigenvalue weighted by Gasteiger charge is 2.27. The van der Waals surface area contributed by atoms with Crippen LogP contribution >= 0.6 is 0 Å². The van der Waals surface area contributed by atoms with Crippen LogP contribution in [-0.4, -0.2) is 25.8 Å². The minimum Gasteiger partial charge on any atom is -0.207 e. The summed E-state index contributed by atoms with van der Waals surface area (Å²) in [6.07, 6.45) is 2.66. The van der Waals surface area contributed by atoms with Gasteiger partial charge in [0.2, 0.25) is 10.0 Å². The minimum absolute atomic E-state index is 0.0976. The van der Waals surface area contributed by atoms with Gasteiger partial charge in [-0.05, 0) is 25.5 Å². The fourth-order valence-electron chi connectivity index (χ4n) is 1.89. The summed E-state index contributed by atoms with van der Waals surface area (Å²) in [4.78, 5) is 0.0976. The molecule has 1 aliphatic heterocycles. The second kappa shape index (κ2) is 4.92. The van der Waals surface area contributed by atoms with Crippen LogP contribution in [0.5, 0.6) is 0 Å². The van der Waals surface area contributed by atoms with Gasteiger partial charge in [0.25, 0.3) is 0 Å². The molecule has 94 valence electrons. The Morgan fingerprint density at radius 1 is 1.33 bits per heavy atom. The first-order chi connectivity index (χ1) is 8.55. The molecule has 0 aromatic heterocycles. The Morgan fingerprint density at radius 3 is 2.67 bits per heavy atom. The Kier molecular flexibility index (Phi) is 3.50. The lowest BCUT2D eigenvalue weighted by Crippen LogP contribution is -2.35. The molecule has 0 unspecified atom stereocenters. The van der Waals surface area contributed by atoms with Gasteiger partial charge >= 0.3 is 0 Å². The standard InChI is InChI=1S/C13H14N2O2S/c1-11-6-8-15(9-7-11)18(16,17)13-5-3-2-4-12(13)10-14/h2-6H,7-9H2,1H3. The quantitative estimate of drug-likeness (QED) is 0.765. The topological polar surface area (TPSA) is 61.2 Å². The average molecular weight is 262 g/mol. The second-order valence-corrected chi connectivity index (χ2v) is 6.18. The molecule has 0 N–H and O–H groups in total. The molecule has 0 radical (unpaired) electrons. The van der Waals surface area contributed by atoms with Crippen molar-refractivity contribution in [2.24, 2.45) is 0 Å². The number of nitrogens with zero attached hydrogens (tertiary/aromatic N) is 2. The monoisotopic (exact) mass is 262 g/mol. The molecule has 0 bridgehead atoms. The number of rotatable bonds is 2. The molecule has 1 aromatic carbocycles. The molecule has 2 rings (SSSR count). The zero-order valence-electron chi connectivity index (χ0n) is 10.1.